The van der Waals surface area contributed by atoms with E-state index in [-0.39, 0.29) is 30.0 Å². The summed E-state index contributed by atoms with van der Waals surface area (Å²) < 4.78 is 5.29. The molecule has 1 aliphatic rings. The third-order valence-corrected chi connectivity index (χ3v) is 3.28. The topological polar surface area (TPSA) is 106 Å². The number of ether oxygens (including phenoxy) is 1. The molecule has 128 valence electrons. The Morgan fingerprint density at radius 2 is 2.09 bits per heavy atom. The highest BCUT2D eigenvalue weighted by atomic mass is 35.5. The van der Waals surface area contributed by atoms with Gasteiger partial charge in [0.1, 0.15) is 0 Å². The van der Waals surface area contributed by atoms with Crippen molar-refractivity contribution in [1.29, 1.82) is 0 Å². The van der Waals surface area contributed by atoms with Crippen molar-refractivity contribution in [2.24, 2.45) is 0 Å². The largest absolute Gasteiger partial charge is 0.383 e. The first-order valence-electron chi connectivity index (χ1n) is 7.21. The lowest BCUT2D eigenvalue weighted by Crippen LogP contribution is -2.44. The Balaban J connectivity index is 0.00000264. The van der Waals surface area contributed by atoms with E-state index in [1.165, 1.54) is 12.1 Å². The number of nitro groups is 1. The fourth-order valence-corrected chi connectivity index (χ4v) is 2.16. The van der Waals surface area contributed by atoms with Gasteiger partial charge in [0, 0.05) is 49.9 Å². The van der Waals surface area contributed by atoms with E-state index < -0.39 is 4.92 Å². The number of rotatable bonds is 7. The van der Waals surface area contributed by atoms with E-state index in [4.69, 9.17) is 4.74 Å². The molecular weight excluding hydrogens is 324 g/mol. The van der Waals surface area contributed by atoms with Gasteiger partial charge in [0.05, 0.1) is 18.1 Å². The molecule has 0 saturated carbocycles. The van der Waals surface area contributed by atoms with Crippen molar-refractivity contribution in [3.8, 4) is 0 Å². The summed E-state index contributed by atoms with van der Waals surface area (Å²) in [4.78, 5) is 21.8. The molecule has 2 rings (SSSR count). The zero-order valence-electron chi connectivity index (χ0n) is 12.6. The number of nitrogens with zero attached hydrogens (tertiary/aromatic N) is 1. The first kappa shape index (κ1) is 19.1. The number of benzene rings is 1. The average molecular weight is 345 g/mol. The van der Waals surface area contributed by atoms with Crippen LogP contribution in [0.5, 0.6) is 0 Å². The van der Waals surface area contributed by atoms with Gasteiger partial charge < -0.3 is 20.7 Å². The Hall–Kier alpha value is -1.90. The maximum Gasteiger partial charge on any atom is 0.269 e. The maximum absolute atomic E-state index is 11.7. The molecule has 0 aromatic heterocycles. The Morgan fingerprint density at radius 1 is 1.35 bits per heavy atom. The lowest BCUT2D eigenvalue weighted by atomic mass is 10.2. The van der Waals surface area contributed by atoms with Gasteiger partial charge in [-0.25, -0.2) is 0 Å². The van der Waals surface area contributed by atoms with Gasteiger partial charge in [0.25, 0.3) is 5.69 Å². The molecule has 1 aromatic rings. The van der Waals surface area contributed by atoms with Crippen LogP contribution in [0.1, 0.15) is 6.42 Å². The standard InChI is InChI=1S/C14H20N4O4.ClH/c19-14(9-12-10-22-8-7-16-12)17-6-5-15-11-1-3-13(4-2-11)18(20)21;/h1-4,12,15-16H,5-10H2,(H,17,19);1H. The van der Waals surface area contributed by atoms with Crippen LogP contribution in [0.15, 0.2) is 24.3 Å². The van der Waals surface area contributed by atoms with Crippen LogP contribution >= 0.6 is 12.4 Å². The minimum atomic E-state index is -0.437. The zero-order chi connectivity index (χ0) is 15.8. The summed E-state index contributed by atoms with van der Waals surface area (Å²) in [5, 5.41) is 19.7. The Morgan fingerprint density at radius 3 is 2.70 bits per heavy atom. The van der Waals surface area contributed by atoms with Crippen molar-refractivity contribution in [3.05, 3.63) is 34.4 Å². The molecule has 8 nitrogen and oxygen atoms in total. The molecule has 1 saturated heterocycles. The normalized spacial score (nSPS) is 17.0. The molecule has 23 heavy (non-hydrogen) atoms. The van der Waals surface area contributed by atoms with Crippen LogP contribution in [0.4, 0.5) is 11.4 Å². The summed E-state index contributed by atoms with van der Waals surface area (Å²) >= 11 is 0. The lowest BCUT2D eigenvalue weighted by Gasteiger charge is -2.23. The maximum atomic E-state index is 11.7. The monoisotopic (exact) mass is 344 g/mol. The van der Waals surface area contributed by atoms with Crippen LogP contribution in [-0.4, -0.2) is 49.7 Å². The molecule has 1 unspecified atom stereocenters. The average Bonchev–Trinajstić information content (AvgIpc) is 2.53. The highest BCUT2D eigenvalue weighted by Crippen LogP contribution is 2.14. The number of nitrogens with one attached hydrogen (secondary N) is 3. The van der Waals surface area contributed by atoms with Crippen LogP contribution in [0.2, 0.25) is 0 Å². The van der Waals surface area contributed by atoms with Crippen LogP contribution in [0.25, 0.3) is 0 Å². The molecule has 0 radical (unpaired) electrons. The molecule has 0 bridgehead atoms. The van der Waals surface area contributed by atoms with E-state index in [9.17, 15) is 14.9 Å². The van der Waals surface area contributed by atoms with Gasteiger partial charge in [0.15, 0.2) is 0 Å². The zero-order valence-corrected chi connectivity index (χ0v) is 13.4. The van der Waals surface area contributed by atoms with Crippen molar-refractivity contribution in [3.63, 3.8) is 0 Å². The number of carbonyl (C=O) groups excluding carboxylic acids is 1. The molecule has 1 aliphatic heterocycles. The van der Waals surface area contributed by atoms with Crippen LogP contribution in [0.3, 0.4) is 0 Å². The molecule has 1 fully saturated rings. The molecule has 1 heterocycles. The number of carbonyl (C=O) groups is 1. The number of non-ortho nitro benzene ring substituents is 1. The quantitative estimate of drug-likeness (QED) is 0.386. The highest BCUT2D eigenvalue weighted by molar-refractivity contribution is 5.85. The fourth-order valence-electron chi connectivity index (χ4n) is 2.16. The van der Waals surface area contributed by atoms with E-state index in [2.05, 4.69) is 16.0 Å². The van der Waals surface area contributed by atoms with E-state index >= 15 is 0 Å². The first-order chi connectivity index (χ1) is 10.6. The van der Waals surface area contributed by atoms with E-state index in [1.54, 1.807) is 12.1 Å². The van der Waals surface area contributed by atoms with Crippen molar-refractivity contribution >= 4 is 29.7 Å². The van der Waals surface area contributed by atoms with Crippen molar-refractivity contribution in [1.82, 2.24) is 10.6 Å². The minimum absolute atomic E-state index is 0. The molecule has 3 N–H and O–H groups in total. The van der Waals surface area contributed by atoms with Gasteiger partial charge in [-0.3, -0.25) is 14.9 Å². The predicted molar refractivity (Wildman–Crippen MR) is 89.1 cm³/mol. The van der Waals surface area contributed by atoms with Crippen molar-refractivity contribution in [2.45, 2.75) is 12.5 Å². The van der Waals surface area contributed by atoms with E-state index in [0.717, 1.165) is 12.2 Å². The minimum Gasteiger partial charge on any atom is -0.383 e. The second-order valence-corrected chi connectivity index (χ2v) is 5.01. The van der Waals surface area contributed by atoms with Gasteiger partial charge in [-0.2, -0.15) is 0 Å². The number of anilines is 1. The molecule has 0 spiro atoms. The van der Waals surface area contributed by atoms with Crippen molar-refractivity contribution in [2.75, 3.05) is 38.2 Å². The Bertz CT molecular complexity index is 506. The first-order valence-corrected chi connectivity index (χ1v) is 7.21. The number of amides is 1. The SMILES string of the molecule is Cl.O=C(CC1COCCN1)NCCNc1ccc([N+](=O)[O-])cc1. The molecule has 1 atom stereocenters. The lowest BCUT2D eigenvalue weighted by molar-refractivity contribution is -0.384. The van der Waals surface area contributed by atoms with E-state index in [1.807, 2.05) is 0 Å². The van der Waals surface area contributed by atoms with Crippen molar-refractivity contribution < 1.29 is 14.5 Å². The molecule has 1 amide bonds. The predicted octanol–water partition coefficient (Wildman–Crippen LogP) is 0.923. The number of morpholine rings is 1. The summed E-state index contributed by atoms with van der Waals surface area (Å²) in [6.07, 6.45) is 0.400. The van der Waals surface area contributed by atoms with Gasteiger partial charge in [-0.15, -0.1) is 12.4 Å². The summed E-state index contributed by atoms with van der Waals surface area (Å²) in [7, 11) is 0. The van der Waals surface area contributed by atoms with Gasteiger partial charge in [-0.1, -0.05) is 0 Å². The van der Waals surface area contributed by atoms with Crippen LogP contribution in [0, 0.1) is 10.1 Å². The van der Waals surface area contributed by atoms with Gasteiger partial charge in [0.2, 0.25) is 5.91 Å². The smallest absolute Gasteiger partial charge is 0.269 e. The molecular formula is C14H21ClN4O4. The fraction of sp³-hybridized carbons (Fsp3) is 0.500. The van der Waals surface area contributed by atoms with E-state index in [0.29, 0.717) is 32.7 Å². The summed E-state index contributed by atoms with van der Waals surface area (Å²) in [5.74, 6) is -0.0199. The van der Waals surface area contributed by atoms with Gasteiger partial charge in [-0.05, 0) is 12.1 Å². The summed E-state index contributed by atoms with van der Waals surface area (Å²) in [6, 6.07) is 6.24. The van der Waals surface area contributed by atoms with Gasteiger partial charge >= 0.3 is 0 Å². The molecule has 1 aromatic carbocycles. The second kappa shape index (κ2) is 9.98. The highest BCUT2D eigenvalue weighted by Gasteiger charge is 2.16. The second-order valence-electron chi connectivity index (χ2n) is 5.01. The number of hydrogen-bond donors (Lipinski definition) is 3. The third kappa shape index (κ3) is 6.81. The Labute approximate surface area is 140 Å². The Kier molecular flexibility index (Phi) is 8.31. The number of halogens is 1. The third-order valence-electron chi connectivity index (χ3n) is 3.28. The van der Waals surface area contributed by atoms with Crippen LogP contribution in [-0.2, 0) is 9.53 Å². The van der Waals surface area contributed by atoms with Crippen LogP contribution < -0.4 is 16.0 Å². The number of hydrogen-bond acceptors (Lipinski definition) is 6. The summed E-state index contributed by atoms with van der Waals surface area (Å²) in [5.41, 5.74) is 0.836. The molecule has 0 aliphatic carbocycles. The summed E-state index contributed by atoms with van der Waals surface area (Å²) in [6.45, 7) is 3.08. The number of nitro benzene ring substituents is 1. The molecule has 9 heteroatoms.